The van der Waals surface area contributed by atoms with Gasteiger partial charge in [-0.25, -0.2) is 0 Å². The maximum Gasteiger partial charge on any atom is 0.170 e. The second-order valence-electron chi connectivity index (χ2n) is 4.01. The lowest BCUT2D eigenvalue weighted by atomic mass is 10.0. The highest BCUT2D eigenvalue weighted by molar-refractivity contribution is 5.80. The highest BCUT2D eigenvalue weighted by Gasteiger charge is 2.03. The van der Waals surface area contributed by atoms with Crippen LogP contribution in [0.25, 0.3) is 11.0 Å². The second-order valence-corrected chi connectivity index (χ2v) is 4.01. The van der Waals surface area contributed by atoms with Gasteiger partial charge in [-0.15, -0.1) is 0 Å². The molecule has 0 fully saturated rings. The summed E-state index contributed by atoms with van der Waals surface area (Å²) in [5.41, 5.74) is 2.35. The normalized spacial score (nSPS) is 11.0. The fraction of sp³-hybridized carbons (Fsp3) is 0.429. The molecular weight excluding hydrogens is 184 g/mol. The summed E-state index contributed by atoms with van der Waals surface area (Å²) >= 11 is 0. The first kappa shape index (κ1) is 10.3. The van der Waals surface area contributed by atoms with Crippen molar-refractivity contribution in [2.45, 2.75) is 39.0 Å². The van der Waals surface area contributed by atoms with Crippen molar-refractivity contribution in [3.05, 3.63) is 36.1 Å². The van der Waals surface area contributed by atoms with Crippen molar-refractivity contribution in [3.8, 4) is 0 Å². The Kier molecular flexibility index (Phi) is 3.44. The summed E-state index contributed by atoms with van der Waals surface area (Å²) < 4.78 is 5.38. The Morgan fingerprint density at radius 3 is 3.00 bits per heavy atom. The number of hydrogen-bond acceptors (Lipinski definition) is 1. The minimum Gasteiger partial charge on any atom is -0.452 e. The Morgan fingerprint density at radius 1 is 1.20 bits per heavy atom. The van der Waals surface area contributed by atoms with Crippen molar-refractivity contribution >= 4 is 11.0 Å². The number of para-hydroxylation sites is 1. The minimum absolute atomic E-state index is 1.02. The van der Waals surface area contributed by atoms with Crippen molar-refractivity contribution in [1.29, 1.82) is 0 Å². The SMILES string of the molecule is CCCCCCc1cccc2c[c]oc12. The summed E-state index contributed by atoms with van der Waals surface area (Å²) in [5, 5.41) is 1.17. The average molecular weight is 201 g/mol. The third-order valence-electron chi connectivity index (χ3n) is 2.80. The van der Waals surface area contributed by atoms with Crippen LogP contribution in [0.2, 0.25) is 0 Å². The van der Waals surface area contributed by atoms with Crippen LogP contribution in [0.3, 0.4) is 0 Å². The predicted octanol–water partition coefficient (Wildman–Crippen LogP) is 4.36. The summed E-state index contributed by atoms with van der Waals surface area (Å²) in [7, 11) is 0. The van der Waals surface area contributed by atoms with Crippen LogP contribution in [0.15, 0.2) is 28.7 Å². The monoisotopic (exact) mass is 201 g/mol. The Balaban J connectivity index is 2.04. The van der Waals surface area contributed by atoms with Gasteiger partial charge in [0, 0.05) is 5.39 Å². The zero-order chi connectivity index (χ0) is 10.5. The van der Waals surface area contributed by atoms with E-state index in [1.165, 1.54) is 36.6 Å². The quantitative estimate of drug-likeness (QED) is 0.655. The van der Waals surface area contributed by atoms with Crippen molar-refractivity contribution in [3.63, 3.8) is 0 Å². The molecule has 1 aromatic carbocycles. The summed E-state index contributed by atoms with van der Waals surface area (Å²) in [6.45, 7) is 2.24. The highest BCUT2D eigenvalue weighted by Crippen LogP contribution is 2.21. The van der Waals surface area contributed by atoms with Gasteiger partial charge in [-0.05, 0) is 24.5 Å². The number of benzene rings is 1. The van der Waals surface area contributed by atoms with Crippen LogP contribution in [0.4, 0.5) is 0 Å². The van der Waals surface area contributed by atoms with Gasteiger partial charge in [0.25, 0.3) is 0 Å². The minimum atomic E-state index is 1.02. The lowest BCUT2D eigenvalue weighted by Crippen LogP contribution is -1.86. The van der Waals surface area contributed by atoms with Crippen LogP contribution < -0.4 is 0 Å². The number of hydrogen-bond donors (Lipinski definition) is 0. The second kappa shape index (κ2) is 5.01. The first-order valence-corrected chi connectivity index (χ1v) is 5.79. The van der Waals surface area contributed by atoms with E-state index in [1.807, 2.05) is 6.07 Å². The van der Waals surface area contributed by atoms with Gasteiger partial charge in [0.15, 0.2) is 6.26 Å². The molecule has 0 N–H and O–H groups in total. The van der Waals surface area contributed by atoms with Crippen molar-refractivity contribution in [2.75, 3.05) is 0 Å². The molecule has 79 valence electrons. The van der Waals surface area contributed by atoms with Crippen LogP contribution in [-0.4, -0.2) is 0 Å². The molecule has 0 aliphatic rings. The largest absolute Gasteiger partial charge is 0.452 e. The summed E-state index contributed by atoms with van der Waals surface area (Å²) in [6.07, 6.45) is 9.13. The van der Waals surface area contributed by atoms with Crippen molar-refractivity contribution < 1.29 is 4.42 Å². The van der Waals surface area contributed by atoms with E-state index in [0.29, 0.717) is 0 Å². The molecule has 1 heteroatoms. The van der Waals surface area contributed by atoms with Crippen molar-refractivity contribution in [2.24, 2.45) is 0 Å². The first-order valence-electron chi connectivity index (χ1n) is 5.79. The molecule has 1 heterocycles. The number of unbranched alkanes of at least 4 members (excludes halogenated alkanes) is 3. The number of rotatable bonds is 5. The summed E-state index contributed by atoms with van der Waals surface area (Å²) in [6, 6.07) is 8.24. The fourth-order valence-electron chi connectivity index (χ4n) is 1.93. The number of fused-ring (bicyclic) bond motifs is 1. The molecule has 0 saturated heterocycles. The van der Waals surface area contributed by atoms with Crippen LogP contribution in [0.5, 0.6) is 0 Å². The van der Waals surface area contributed by atoms with E-state index in [9.17, 15) is 0 Å². The molecule has 0 amide bonds. The van der Waals surface area contributed by atoms with Crippen molar-refractivity contribution in [1.82, 2.24) is 0 Å². The van der Waals surface area contributed by atoms with Gasteiger partial charge >= 0.3 is 0 Å². The topological polar surface area (TPSA) is 13.1 Å². The molecule has 1 radical (unpaired) electrons. The Morgan fingerprint density at radius 2 is 2.13 bits per heavy atom. The zero-order valence-electron chi connectivity index (χ0n) is 9.25. The smallest absolute Gasteiger partial charge is 0.170 e. The van der Waals surface area contributed by atoms with Crippen LogP contribution in [-0.2, 0) is 6.42 Å². The summed E-state index contributed by atoms with van der Waals surface area (Å²) in [5.74, 6) is 0. The van der Waals surface area contributed by atoms with E-state index in [0.717, 1.165) is 12.0 Å². The van der Waals surface area contributed by atoms with Gasteiger partial charge in [-0.2, -0.15) is 0 Å². The van der Waals surface area contributed by atoms with Gasteiger partial charge in [0.05, 0.1) is 0 Å². The van der Waals surface area contributed by atoms with E-state index >= 15 is 0 Å². The Bertz CT molecular complexity index is 414. The average Bonchev–Trinajstić information content (AvgIpc) is 2.73. The van der Waals surface area contributed by atoms with E-state index in [-0.39, 0.29) is 0 Å². The van der Waals surface area contributed by atoms with Gasteiger partial charge in [-0.3, -0.25) is 0 Å². The molecule has 0 saturated carbocycles. The number of furan rings is 1. The maximum atomic E-state index is 5.38. The van der Waals surface area contributed by atoms with Gasteiger partial charge < -0.3 is 4.42 Å². The predicted molar refractivity (Wildman–Crippen MR) is 62.9 cm³/mol. The zero-order valence-corrected chi connectivity index (χ0v) is 9.25. The molecule has 0 aliphatic heterocycles. The molecular formula is C14H17O. The highest BCUT2D eigenvalue weighted by atomic mass is 16.3. The van der Waals surface area contributed by atoms with Crippen LogP contribution in [0, 0.1) is 6.26 Å². The van der Waals surface area contributed by atoms with Crippen LogP contribution in [0.1, 0.15) is 38.2 Å². The molecule has 15 heavy (non-hydrogen) atoms. The van der Waals surface area contributed by atoms with Gasteiger partial charge in [0.1, 0.15) is 5.58 Å². The van der Waals surface area contributed by atoms with E-state index in [2.05, 4.69) is 31.4 Å². The lowest BCUT2D eigenvalue weighted by molar-refractivity contribution is 0.596. The molecule has 0 unspecified atom stereocenters. The third kappa shape index (κ3) is 2.41. The Labute approximate surface area is 91.1 Å². The molecule has 0 atom stereocenters. The van der Waals surface area contributed by atoms with Gasteiger partial charge in [-0.1, -0.05) is 44.4 Å². The van der Waals surface area contributed by atoms with E-state index in [1.54, 1.807) is 0 Å². The molecule has 0 spiro atoms. The summed E-state index contributed by atoms with van der Waals surface area (Å²) in [4.78, 5) is 0. The molecule has 2 rings (SSSR count). The van der Waals surface area contributed by atoms with Gasteiger partial charge in [0.2, 0.25) is 0 Å². The molecule has 1 nitrogen and oxygen atoms in total. The van der Waals surface area contributed by atoms with E-state index in [4.69, 9.17) is 4.42 Å². The first-order chi connectivity index (χ1) is 7.42. The van der Waals surface area contributed by atoms with Crippen LogP contribution >= 0.6 is 0 Å². The van der Waals surface area contributed by atoms with E-state index < -0.39 is 0 Å². The fourth-order valence-corrected chi connectivity index (χ4v) is 1.93. The molecule has 1 aromatic heterocycles. The Hall–Kier alpha value is -1.24. The maximum absolute atomic E-state index is 5.38. The third-order valence-corrected chi connectivity index (χ3v) is 2.80. The lowest BCUT2D eigenvalue weighted by Gasteiger charge is -2.01. The standard InChI is InChI=1S/C14H17O/c1-2-3-4-5-7-12-8-6-9-13-10-11-15-14(12)13/h6,8-10H,2-5,7H2,1H3. The molecule has 2 aromatic rings. The number of aryl methyl sites for hydroxylation is 1. The molecule has 0 bridgehead atoms. The molecule has 0 aliphatic carbocycles.